The lowest BCUT2D eigenvalue weighted by molar-refractivity contribution is -0.120. The molecule has 110 valence electrons. The largest absolute Gasteiger partial charge is 0.399 e. The predicted octanol–water partition coefficient (Wildman–Crippen LogP) is 0.0649. The Hall–Kier alpha value is -2.08. The first-order chi connectivity index (χ1) is 9.38. The van der Waals surface area contributed by atoms with E-state index in [4.69, 9.17) is 5.73 Å². The summed E-state index contributed by atoms with van der Waals surface area (Å²) < 4.78 is 0. The van der Waals surface area contributed by atoms with Gasteiger partial charge in [0.1, 0.15) is 0 Å². The van der Waals surface area contributed by atoms with Crippen molar-refractivity contribution in [2.24, 2.45) is 0 Å². The molecule has 6 heteroatoms. The molecule has 0 radical (unpaired) electrons. The molecule has 1 atom stereocenters. The number of nitrogens with two attached hydrogens (primary N) is 1. The van der Waals surface area contributed by atoms with E-state index in [9.17, 15) is 9.59 Å². The van der Waals surface area contributed by atoms with Crippen molar-refractivity contribution in [1.82, 2.24) is 15.5 Å². The third-order valence-corrected chi connectivity index (χ3v) is 2.63. The van der Waals surface area contributed by atoms with Gasteiger partial charge >= 0.3 is 0 Å². The molecule has 4 N–H and O–H groups in total. The van der Waals surface area contributed by atoms with E-state index < -0.39 is 0 Å². The Bertz CT molecular complexity index is 457. The standard InChI is InChI=1S/C14H22N4O2/c1-10(9-18(2)3)17-13(19)8-16-14(20)11-4-6-12(15)7-5-11/h4-7,10H,8-9,15H2,1-3H3,(H,16,20)(H,17,19). The van der Waals surface area contributed by atoms with Crippen LogP contribution in [-0.2, 0) is 4.79 Å². The lowest BCUT2D eigenvalue weighted by Crippen LogP contribution is -2.44. The summed E-state index contributed by atoms with van der Waals surface area (Å²) in [6.07, 6.45) is 0. The van der Waals surface area contributed by atoms with Crippen molar-refractivity contribution in [3.63, 3.8) is 0 Å². The molecule has 0 aliphatic heterocycles. The predicted molar refractivity (Wildman–Crippen MR) is 79.3 cm³/mol. The molecule has 0 bridgehead atoms. The Kier molecular flexibility index (Phi) is 5.99. The van der Waals surface area contributed by atoms with Gasteiger partial charge in [0.25, 0.3) is 5.91 Å². The van der Waals surface area contributed by atoms with Crippen LogP contribution in [0.3, 0.4) is 0 Å². The van der Waals surface area contributed by atoms with Crippen LogP contribution in [0.25, 0.3) is 0 Å². The minimum absolute atomic E-state index is 0.0333. The Morgan fingerprint density at radius 3 is 2.40 bits per heavy atom. The summed E-state index contributed by atoms with van der Waals surface area (Å²) in [5, 5.41) is 5.38. The molecule has 2 amide bonds. The molecule has 0 fully saturated rings. The highest BCUT2D eigenvalue weighted by atomic mass is 16.2. The fourth-order valence-electron chi connectivity index (χ4n) is 1.82. The molecule has 1 unspecified atom stereocenters. The van der Waals surface area contributed by atoms with E-state index in [1.807, 2.05) is 25.9 Å². The van der Waals surface area contributed by atoms with Crippen LogP contribution in [0.5, 0.6) is 0 Å². The molecule has 1 aromatic carbocycles. The fourth-order valence-corrected chi connectivity index (χ4v) is 1.82. The molecule has 0 aliphatic carbocycles. The normalized spacial score (nSPS) is 12.0. The zero-order valence-corrected chi connectivity index (χ0v) is 12.1. The molecule has 20 heavy (non-hydrogen) atoms. The molecule has 1 rings (SSSR count). The second-order valence-electron chi connectivity index (χ2n) is 5.04. The Morgan fingerprint density at radius 2 is 1.85 bits per heavy atom. The minimum Gasteiger partial charge on any atom is -0.399 e. The van der Waals surface area contributed by atoms with Crippen molar-refractivity contribution >= 4 is 17.5 Å². The molecule has 0 saturated carbocycles. The highest BCUT2D eigenvalue weighted by molar-refractivity contribution is 5.96. The Labute approximate surface area is 119 Å². The lowest BCUT2D eigenvalue weighted by Gasteiger charge is -2.18. The van der Waals surface area contributed by atoms with Gasteiger partial charge in [0.15, 0.2) is 0 Å². The summed E-state index contributed by atoms with van der Waals surface area (Å²) in [5.41, 5.74) is 6.62. The number of hydrogen-bond donors (Lipinski definition) is 3. The van der Waals surface area contributed by atoms with Crippen molar-refractivity contribution in [1.29, 1.82) is 0 Å². The topological polar surface area (TPSA) is 87.5 Å². The second kappa shape index (κ2) is 7.49. The van der Waals surface area contributed by atoms with Crippen LogP contribution in [0, 0.1) is 0 Å². The lowest BCUT2D eigenvalue weighted by atomic mass is 10.2. The smallest absolute Gasteiger partial charge is 0.251 e. The van der Waals surface area contributed by atoms with Crippen LogP contribution in [0.1, 0.15) is 17.3 Å². The molecular weight excluding hydrogens is 256 g/mol. The van der Waals surface area contributed by atoms with E-state index in [-0.39, 0.29) is 24.4 Å². The first kappa shape index (κ1) is 16.0. The second-order valence-corrected chi connectivity index (χ2v) is 5.04. The summed E-state index contributed by atoms with van der Waals surface area (Å²) in [5.74, 6) is -0.497. The van der Waals surface area contributed by atoms with Crippen molar-refractivity contribution < 1.29 is 9.59 Å². The molecule has 0 aliphatic rings. The van der Waals surface area contributed by atoms with E-state index in [2.05, 4.69) is 10.6 Å². The van der Waals surface area contributed by atoms with E-state index in [0.717, 1.165) is 6.54 Å². The van der Waals surface area contributed by atoms with Crippen LogP contribution in [-0.4, -0.2) is 49.9 Å². The first-order valence-corrected chi connectivity index (χ1v) is 6.46. The summed E-state index contributed by atoms with van der Waals surface area (Å²) in [4.78, 5) is 25.4. The summed E-state index contributed by atoms with van der Waals surface area (Å²) >= 11 is 0. The number of nitrogens with one attached hydrogen (secondary N) is 2. The highest BCUT2D eigenvalue weighted by Crippen LogP contribution is 2.04. The van der Waals surface area contributed by atoms with Gasteiger partial charge in [-0.15, -0.1) is 0 Å². The van der Waals surface area contributed by atoms with Gasteiger partial charge in [-0.25, -0.2) is 0 Å². The molecule has 0 heterocycles. The first-order valence-electron chi connectivity index (χ1n) is 6.46. The van der Waals surface area contributed by atoms with Gasteiger partial charge in [-0.2, -0.15) is 0 Å². The molecule has 0 saturated heterocycles. The number of amides is 2. The van der Waals surface area contributed by atoms with Crippen molar-refractivity contribution in [3.8, 4) is 0 Å². The van der Waals surface area contributed by atoms with Gasteiger partial charge in [0, 0.05) is 23.8 Å². The van der Waals surface area contributed by atoms with E-state index >= 15 is 0 Å². The fraction of sp³-hybridized carbons (Fsp3) is 0.429. The number of likely N-dealkylation sites (N-methyl/N-ethyl adjacent to an activating group) is 1. The maximum Gasteiger partial charge on any atom is 0.251 e. The maximum absolute atomic E-state index is 11.8. The quantitative estimate of drug-likeness (QED) is 0.642. The van der Waals surface area contributed by atoms with Crippen LogP contribution in [0.2, 0.25) is 0 Å². The number of carbonyl (C=O) groups is 2. The monoisotopic (exact) mass is 278 g/mol. The maximum atomic E-state index is 11.8. The van der Waals surface area contributed by atoms with Crippen molar-refractivity contribution in [2.45, 2.75) is 13.0 Å². The molecule has 0 aromatic heterocycles. The van der Waals surface area contributed by atoms with Gasteiger partial charge in [-0.3, -0.25) is 9.59 Å². The van der Waals surface area contributed by atoms with Crippen LogP contribution in [0.15, 0.2) is 24.3 Å². The highest BCUT2D eigenvalue weighted by Gasteiger charge is 2.10. The van der Waals surface area contributed by atoms with E-state index in [1.165, 1.54) is 0 Å². The third-order valence-electron chi connectivity index (χ3n) is 2.63. The Morgan fingerprint density at radius 1 is 1.25 bits per heavy atom. The van der Waals surface area contributed by atoms with Crippen molar-refractivity contribution in [2.75, 3.05) is 32.9 Å². The van der Waals surface area contributed by atoms with Gasteiger partial charge in [-0.05, 0) is 45.3 Å². The van der Waals surface area contributed by atoms with Crippen LogP contribution >= 0.6 is 0 Å². The number of nitrogen functional groups attached to an aromatic ring is 1. The molecule has 1 aromatic rings. The Balaban J connectivity index is 2.37. The molecular formula is C14H22N4O2. The van der Waals surface area contributed by atoms with Gasteiger partial charge < -0.3 is 21.3 Å². The van der Waals surface area contributed by atoms with Crippen LogP contribution in [0.4, 0.5) is 5.69 Å². The number of carbonyl (C=O) groups excluding carboxylic acids is 2. The summed E-state index contributed by atoms with van der Waals surface area (Å²) in [7, 11) is 3.87. The van der Waals surface area contributed by atoms with E-state index in [1.54, 1.807) is 24.3 Å². The number of hydrogen-bond acceptors (Lipinski definition) is 4. The zero-order chi connectivity index (χ0) is 15.1. The third kappa shape index (κ3) is 5.71. The van der Waals surface area contributed by atoms with Crippen LogP contribution < -0.4 is 16.4 Å². The van der Waals surface area contributed by atoms with Gasteiger partial charge in [0.05, 0.1) is 6.54 Å². The number of rotatable bonds is 6. The van der Waals surface area contributed by atoms with Crippen molar-refractivity contribution in [3.05, 3.63) is 29.8 Å². The van der Waals surface area contributed by atoms with Gasteiger partial charge in [-0.1, -0.05) is 0 Å². The summed E-state index contributed by atoms with van der Waals surface area (Å²) in [6, 6.07) is 6.57. The molecule has 0 spiro atoms. The number of anilines is 1. The number of benzene rings is 1. The molecule has 6 nitrogen and oxygen atoms in total. The van der Waals surface area contributed by atoms with Gasteiger partial charge in [0.2, 0.25) is 5.91 Å². The number of nitrogens with zero attached hydrogens (tertiary/aromatic N) is 1. The summed E-state index contributed by atoms with van der Waals surface area (Å²) in [6.45, 7) is 2.62. The zero-order valence-electron chi connectivity index (χ0n) is 12.1. The minimum atomic E-state index is -0.291. The SMILES string of the molecule is CC(CN(C)C)NC(=O)CNC(=O)c1ccc(N)cc1. The average Bonchev–Trinajstić information content (AvgIpc) is 2.35. The average molecular weight is 278 g/mol. The van der Waals surface area contributed by atoms with E-state index in [0.29, 0.717) is 11.3 Å².